The van der Waals surface area contributed by atoms with Gasteiger partial charge in [-0.25, -0.2) is 4.79 Å². The van der Waals surface area contributed by atoms with Crippen LogP contribution in [0.2, 0.25) is 0 Å². The van der Waals surface area contributed by atoms with Crippen LogP contribution in [-0.4, -0.2) is 49.4 Å². The van der Waals surface area contributed by atoms with E-state index in [2.05, 4.69) is 4.18 Å². The zero-order valence-electron chi connectivity index (χ0n) is 16.7. The van der Waals surface area contributed by atoms with Crippen molar-refractivity contribution in [3.05, 3.63) is 35.9 Å². The smallest absolute Gasteiger partial charge is 0.459 e. The molecule has 1 saturated carbocycles. The maximum absolute atomic E-state index is 12.8. The molecule has 7 nitrogen and oxygen atoms in total. The molecule has 3 rings (SSSR count). The van der Waals surface area contributed by atoms with Crippen molar-refractivity contribution in [1.82, 2.24) is 4.90 Å². The first-order valence-electron chi connectivity index (χ1n) is 10.1. The second kappa shape index (κ2) is 9.56. The number of alkyl halides is 3. The number of rotatable bonds is 7. The zero-order valence-corrected chi connectivity index (χ0v) is 17.5. The minimum Gasteiger partial charge on any atom is -0.459 e. The van der Waals surface area contributed by atoms with Gasteiger partial charge in [-0.1, -0.05) is 43.2 Å². The molecule has 0 bridgehead atoms. The summed E-state index contributed by atoms with van der Waals surface area (Å²) >= 11 is 0. The van der Waals surface area contributed by atoms with Crippen molar-refractivity contribution >= 4 is 22.0 Å². The van der Waals surface area contributed by atoms with Gasteiger partial charge in [0.15, 0.2) is 0 Å². The molecule has 11 heteroatoms. The number of hydrogen-bond acceptors (Lipinski definition) is 6. The zero-order chi connectivity index (χ0) is 22.6. The van der Waals surface area contributed by atoms with Crippen molar-refractivity contribution in [3.63, 3.8) is 0 Å². The molecule has 1 amide bonds. The van der Waals surface area contributed by atoms with Crippen molar-refractivity contribution in [1.29, 1.82) is 0 Å². The van der Waals surface area contributed by atoms with Gasteiger partial charge in [0.2, 0.25) is 5.91 Å². The number of fused-ring (bicyclic) bond motifs is 1. The number of amides is 1. The summed E-state index contributed by atoms with van der Waals surface area (Å²) in [4.78, 5) is 26.9. The number of esters is 1. The molecule has 31 heavy (non-hydrogen) atoms. The second-order valence-corrected chi connectivity index (χ2v) is 9.34. The summed E-state index contributed by atoms with van der Waals surface area (Å²) in [6.07, 6.45) is 3.21. The molecule has 1 saturated heterocycles. The first kappa shape index (κ1) is 23.5. The number of halogens is 3. The monoisotopic (exact) mass is 463 g/mol. The lowest BCUT2D eigenvalue weighted by atomic mass is 9.84. The standard InChI is InChI=1S/C20H24F3NO6S/c21-20(22,23)31(27,28)30-11-10-18(25)24-16-9-5-4-8-15(16)12-17(24)19(26)29-13-14-6-2-1-3-7-14/h1-3,6-7,15-17H,4-5,8-13H2/t15-,16-,17+/m1/s1. The van der Waals surface area contributed by atoms with E-state index in [-0.39, 0.29) is 18.6 Å². The first-order valence-corrected chi connectivity index (χ1v) is 11.5. The molecular formula is C20H24F3NO6S. The second-order valence-electron chi connectivity index (χ2n) is 7.73. The minimum absolute atomic E-state index is 0.0421. The third-order valence-electron chi connectivity index (χ3n) is 5.71. The van der Waals surface area contributed by atoms with Crippen molar-refractivity contribution in [3.8, 4) is 0 Å². The third-order valence-corrected chi connectivity index (χ3v) is 6.75. The van der Waals surface area contributed by atoms with E-state index in [1.807, 2.05) is 6.07 Å². The van der Waals surface area contributed by atoms with Gasteiger partial charge in [-0.2, -0.15) is 21.6 Å². The number of ether oxygens (including phenoxy) is 1. The quantitative estimate of drug-likeness (QED) is 0.351. The van der Waals surface area contributed by atoms with Crippen molar-refractivity contribution in [2.45, 2.75) is 62.7 Å². The molecule has 1 aromatic carbocycles. The number of likely N-dealkylation sites (tertiary alicyclic amines) is 1. The molecular weight excluding hydrogens is 439 g/mol. The average Bonchev–Trinajstić information content (AvgIpc) is 3.11. The summed E-state index contributed by atoms with van der Waals surface area (Å²) in [7, 11) is -5.77. The predicted molar refractivity (Wildman–Crippen MR) is 103 cm³/mol. The van der Waals surface area contributed by atoms with Crippen LogP contribution in [0.1, 0.15) is 44.1 Å². The van der Waals surface area contributed by atoms with Crippen molar-refractivity contribution in [2.75, 3.05) is 6.61 Å². The molecule has 0 radical (unpaired) electrons. The van der Waals surface area contributed by atoms with E-state index in [0.717, 1.165) is 24.8 Å². The number of benzene rings is 1. The Hall–Kier alpha value is -2.14. The van der Waals surface area contributed by atoms with E-state index in [1.54, 1.807) is 24.3 Å². The molecule has 2 fully saturated rings. The van der Waals surface area contributed by atoms with Gasteiger partial charge in [0.25, 0.3) is 0 Å². The van der Waals surface area contributed by atoms with Gasteiger partial charge < -0.3 is 9.64 Å². The van der Waals surface area contributed by atoms with E-state index in [9.17, 15) is 31.2 Å². The summed E-state index contributed by atoms with van der Waals surface area (Å²) in [6.45, 7) is -0.902. The Balaban J connectivity index is 1.65. The molecule has 1 aliphatic carbocycles. The van der Waals surface area contributed by atoms with Crippen molar-refractivity contribution < 1.29 is 40.1 Å². The summed E-state index contributed by atoms with van der Waals surface area (Å²) in [5.74, 6) is -1.09. The SMILES string of the molecule is O=C(OCc1ccccc1)[C@@H]1C[C@H]2CCCC[C@H]2N1C(=O)CCOS(=O)(=O)C(F)(F)F. The van der Waals surface area contributed by atoms with Gasteiger partial charge in [0.1, 0.15) is 12.6 Å². The Kier molecular flexibility index (Phi) is 7.25. The molecule has 2 aliphatic rings. The Labute approximate surface area is 178 Å². The fourth-order valence-electron chi connectivity index (χ4n) is 4.29. The Morgan fingerprint density at radius 1 is 1.10 bits per heavy atom. The predicted octanol–water partition coefficient (Wildman–Crippen LogP) is 3.15. The van der Waals surface area contributed by atoms with Gasteiger partial charge >= 0.3 is 21.6 Å². The van der Waals surface area contributed by atoms with E-state index in [1.165, 1.54) is 4.90 Å². The summed E-state index contributed by atoms with van der Waals surface area (Å²) in [5.41, 5.74) is -4.77. The van der Waals surface area contributed by atoms with Gasteiger partial charge in [-0.05, 0) is 30.7 Å². The van der Waals surface area contributed by atoms with Crippen LogP contribution in [0.5, 0.6) is 0 Å². The van der Waals surface area contributed by atoms with Crippen LogP contribution in [-0.2, 0) is 35.2 Å². The van der Waals surface area contributed by atoms with E-state index >= 15 is 0 Å². The fraction of sp³-hybridized carbons (Fsp3) is 0.600. The molecule has 3 atom stereocenters. The number of hydrogen-bond donors (Lipinski definition) is 0. The lowest BCUT2D eigenvalue weighted by Crippen LogP contribution is -2.47. The summed E-state index contributed by atoms with van der Waals surface area (Å²) < 4.78 is 68.6. The normalized spacial score (nSPS) is 24.0. The maximum Gasteiger partial charge on any atom is 0.523 e. The van der Waals surface area contributed by atoms with Crippen LogP contribution < -0.4 is 0 Å². The van der Waals surface area contributed by atoms with Gasteiger partial charge in [0, 0.05) is 6.04 Å². The molecule has 172 valence electrons. The maximum atomic E-state index is 12.8. The van der Waals surface area contributed by atoms with Crippen LogP contribution in [0.25, 0.3) is 0 Å². The first-order chi connectivity index (χ1) is 14.6. The number of carbonyl (C=O) groups is 2. The van der Waals surface area contributed by atoms with E-state index in [0.29, 0.717) is 12.8 Å². The van der Waals surface area contributed by atoms with Crippen LogP contribution in [0.15, 0.2) is 30.3 Å². The molecule has 0 aromatic heterocycles. The Bertz CT molecular complexity index is 890. The minimum atomic E-state index is -5.77. The molecule has 1 heterocycles. The summed E-state index contributed by atoms with van der Waals surface area (Å²) in [6, 6.07) is 7.97. The molecule has 0 unspecified atom stereocenters. The van der Waals surface area contributed by atoms with Crippen LogP contribution in [0, 0.1) is 5.92 Å². The highest BCUT2D eigenvalue weighted by atomic mass is 32.2. The third kappa shape index (κ3) is 5.57. The number of carbonyl (C=O) groups excluding carboxylic acids is 2. The Morgan fingerprint density at radius 2 is 1.77 bits per heavy atom. The van der Waals surface area contributed by atoms with Crippen LogP contribution >= 0.6 is 0 Å². The van der Waals surface area contributed by atoms with Crippen LogP contribution in [0.4, 0.5) is 13.2 Å². The van der Waals surface area contributed by atoms with E-state index < -0.39 is 46.6 Å². The fourth-order valence-corrected chi connectivity index (χ4v) is 4.73. The average molecular weight is 463 g/mol. The van der Waals surface area contributed by atoms with Crippen LogP contribution in [0.3, 0.4) is 0 Å². The molecule has 0 spiro atoms. The highest BCUT2D eigenvalue weighted by molar-refractivity contribution is 7.87. The summed E-state index contributed by atoms with van der Waals surface area (Å²) in [5, 5.41) is 0. The largest absolute Gasteiger partial charge is 0.523 e. The highest BCUT2D eigenvalue weighted by Gasteiger charge is 2.49. The highest BCUT2D eigenvalue weighted by Crippen LogP contribution is 2.40. The number of nitrogens with zero attached hydrogens (tertiary/aromatic N) is 1. The topological polar surface area (TPSA) is 90.0 Å². The Morgan fingerprint density at radius 3 is 2.45 bits per heavy atom. The van der Waals surface area contributed by atoms with Crippen molar-refractivity contribution in [2.24, 2.45) is 5.92 Å². The molecule has 1 aromatic rings. The van der Waals surface area contributed by atoms with Gasteiger partial charge in [0.05, 0.1) is 13.0 Å². The van der Waals surface area contributed by atoms with Gasteiger partial charge in [-0.3, -0.25) is 8.98 Å². The lowest BCUT2D eigenvalue weighted by Gasteiger charge is -2.33. The van der Waals surface area contributed by atoms with Gasteiger partial charge in [-0.15, -0.1) is 0 Å². The van der Waals surface area contributed by atoms with E-state index in [4.69, 9.17) is 4.74 Å². The molecule has 1 aliphatic heterocycles. The lowest BCUT2D eigenvalue weighted by molar-refractivity contribution is -0.156. The molecule has 0 N–H and O–H groups in total.